The van der Waals surface area contributed by atoms with Gasteiger partial charge in [-0.2, -0.15) is 4.98 Å². The zero-order valence-electron chi connectivity index (χ0n) is 14.5. The molecule has 2 N–H and O–H groups in total. The highest BCUT2D eigenvalue weighted by Gasteiger charge is 2.32. The van der Waals surface area contributed by atoms with Crippen LogP contribution >= 0.6 is 11.6 Å². The second-order valence-corrected chi connectivity index (χ2v) is 7.18. The quantitative estimate of drug-likeness (QED) is 0.836. The molecule has 136 valence electrons. The third-order valence-corrected chi connectivity index (χ3v) is 5.37. The Hall–Kier alpha value is -2.38. The van der Waals surface area contributed by atoms with Crippen LogP contribution in [-0.2, 0) is 4.79 Å². The van der Waals surface area contributed by atoms with Crippen molar-refractivity contribution in [3.63, 3.8) is 0 Å². The van der Waals surface area contributed by atoms with Gasteiger partial charge in [0.1, 0.15) is 5.82 Å². The summed E-state index contributed by atoms with van der Waals surface area (Å²) in [7, 11) is 2.06. The lowest BCUT2D eigenvalue weighted by atomic mass is 9.87. The summed E-state index contributed by atoms with van der Waals surface area (Å²) < 4.78 is 0. The number of anilines is 2. The molecule has 0 aliphatic carbocycles. The summed E-state index contributed by atoms with van der Waals surface area (Å²) in [6, 6.07) is 7.30. The number of aromatic amines is 1. The number of piperazine rings is 1. The van der Waals surface area contributed by atoms with Gasteiger partial charge in [0, 0.05) is 43.5 Å². The van der Waals surface area contributed by atoms with Crippen LogP contribution in [0.5, 0.6) is 0 Å². The van der Waals surface area contributed by atoms with Crippen LogP contribution in [0.3, 0.4) is 0 Å². The van der Waals surface area contributed by atoms with Crippen LogP contribution in [-0.4, -0.2) is 54.0 Å². The Morgan fingerprint density at radius 3 is 2.62 bits per heavy atom. The Kier molecular flexibility index (Phi) is 4.42. The van der Waals surface area contributed by atoms with Gasteiger partial charge in [0.05, 0.1) is 5.56 Å². The maximum atomic E-state index is 12.9. The molecule has 0 bridgehead atoms. The summed E-state index contributed by atoms with van der Waals surface area (Å²) in [5.41, 5.74) is 1.01. The van der Waals surface area contributed by atoms with Crippen molar-refractivity contribution in [3.05, 3.63) is 50.8 Å². The first-order valence-corrected chi connectivity index (χ1v) is 9.02. The van der Waals surface area contributed by atoms with Gasteiger partial charge in [-0.3, -0.25) is 14.6 Å². The molecule has 1 aromatic carbocycles. The molecule has 1 aromatic heterocycles. The van der Waals surface area contributed by atoms with E-state index in [4.69, 9.17) is 11.6 Å². The van der Waals surface area contributed by atoms with E-state index >= 15 is 0 Å². The van der Waals surface area contributed by atoms with E-state index in [1.165, 1.54) is 0 Å². The predicted molar refractivity (Wildman–Crippen MR) is 101 cm³/mol. The first-order valence-electron chi connectivity index (χ1n) is 8.65. The van der Waals surface area contributed by atoms with Gasteiger partial charge in [-0.25, -0.2) is 0 Å². The van der Waals surface area contributed by atoms with Crippen molar-refractivity contribution in [2.45, 2.75) is 12.3 Å². The van der Waals surface area contributed by atoms with E-state index in [0.29, 0.717) is 22.4 Å². The third kappa shape index (κ3) is 3.08. The fourth-order valence-electron chi connectivity index (χ4n) is 3.55. The van der Waals surface area contributed by atoms with Crippen LogP contribution in [0, 0.1) is 0 Å². The number of amides is 1. The van der Waals surface area contributed by atoms with Crippen molar-refractivity contribution in [1.29, 1.82) is 0 Å². The van der Waals surface area contributed by atoms with Crippen molar-refractivity contribution >= 4 is 29.3 Å². The number of H-pyrrole nitrogens is 1. The number of carbonyl (C=O) groups excluding carboxylic acids is 1. The standard InChI is InChI=1S/C18H20ClN5O2/c1-23-6-8-24(9-7-23)18-21-16-15(17(26)22-18)12(10-14(25)20-16)11-4-2-3-5-13(11)19/h2-5,12H,6-10H2,1H3,(H2,20,21,22,25,26). The van der Waals surface area contributed by atoms with Crippen molar-refractivity contribution in [2.24, 2.45) is 0 Å². The minimum Gasteiger partial charge on any atom is -0.340 e. The number of nitrogens with zero attached hydrogens (tertiary/aromatic N) is 3. The summed E-state index contributed by atoms with van der Waals surface area (Å²) in [4.78, 5) is 36.8. The molecule has 3 heterocycles. The molecule has 0 saturated carbocycles. The van der Waals surface area contributed by atoms with Crippen LogP contribution in [0.15, 0.2) is 29.1 Å². The second kappa shape index (κ2) is 6.74. The second-order valence-electron chi connectivity index (χ2n) is 6.77. The number of aromatic nitrogens is 2. The van der Waals surface area contributed by atoms with Gasteiger partial charge in [0.25, 0.3) is 5.56 Å². The lowest BCUT2D eigenvalue weighted by Crippen LogP contribution is -2.46. The van der Waals surface area contributed by atoms with Crippen LogP contribution in [0.25, 0.3) is 0 Å². The summed E-state index contributed by atoms with van der Waals surface area (Å²) >= 11 is 6.31. The number of nitrogens with one attached hydrogen (secondary N) is 2. The fraction of sp³-hybridized carbons (Fsp3) is 0.389. The number of hydrogen-bond acceptors (Lipinski definition) is 5. The molecular formula is C18H20ClN5O2. The molecule has 1 unspecified atom stereocenters. The fourth-order valence-corrected chi connectivity index (χ4v) is 3.82. The van der Waals surface area contributed by atoms with Crippen molar-refractivity contribution < 1.29 is 4.79 Å². The Balaban J connectivity index is 1.76. The Morgan fingerprint density at radius 1 is 1.15 bits per heavy atom. The predicted octanol–water partition coefficient (Wildman–Crippen LogP) is 1.65. The van der Waals surface area contributed by atoms with E-state index in [2.05, 4.69) is 27.2 Å². The molecule has 8 heteroatoms. The molecule has 4 rings (SSSR count). The van der Waals surface area contributed by atoms with E-state index in [-0.39, 0.29) is 17.9 Å². The number of likely N-dealkylation sites (N-methyl/N-ethyl adjacent to an activating group) is 1. The van der Waals surface area contributed by atoms with E-state index in [0.717, 1.165) is 31.7 Å². The van der Waals surface area contributed by atoms with E-state index in [9.17, 15) is 9.59 Å². The third-order valence-electron chi connectivity index (χ3n) is 5.02. The number of fused-ring (bicyclic) bond motifs is 1. The number of halogens is 1. The molecule has 1 saturated heterocycles. The van der Waals surface area contributed by atoms with Crippen LogP contribution < -0.4 is 15.8 Å². The molecule has 0 spiro atoms. The van der Waals surface area contributed by atoms with Gasteiger partial charge in [0.15, 0.2) is 0 Å². The Morgan fingerprint density at radius 2 is 1.88 bits per heavy atom. The molecule has 1 atom stereocenters. The minimum atomic E-state index is -0.398. The van der Waals surface area contributed by atoms with Crippen molar-refractivity contribution in [1.82, 2.24) is 14.9 Å². The molecule has 2 aliphatic heterocycles. The Labute approximate surface area is 156 Å². The molecule has 7 nitrogen and oxygen atoms in total. The number of carbonyl (C=O) groups is 1. The molecular weight excluding hydrogens is 354 g/mol. The van der Waals surface area contributed by atoms with Gasteiger partial charge in [-0.05, 0) is 18.7 Å². The summed E-state index contributed by atoms with van der Waals surface area (Å²) in [5.74, 6) is 0.279. The first kappa shape index (κ1) is 17.1. The van der Waals surface area contributed by atoms with Crippen molar-refractivity contribution in [3.8, 4) is 0 Å². The summed E-state index contributed by atoms with van der Waals surface area (Å²) in [5, 5.41) is 3.30. The smallest absolute Gasteiger partial charge is 0.258 e. The van der Waals surface area contributed by atoms with Crippen LogP contribution in [0.4, 0.5) is 11.8 Å². The average Bonchev–Trinajstić information content (AvgIpc) is 2.61. The van der Waals surface area contributed by atoms with Gasteiger partial charge in [-0.15, -0.1) is 0 Å². The van der Waals surface area contributed by atoms with E-state index in [1.807, 2.05) is 23.1 Å². The van der Waals surface area contributed by atoms with Gasteiger partial charge in [0.2, 0.25) is 11.9 Å². The van der Waals surface area contributed by atoms with E-state index < -0.39 is 5.92 Å². The zero-order valence-corrected chi connectivity index (χ0v) is 15.2. The maximum Gasteiger partial charge on any atom is 0.258 e. The molecule has 1 fully saturated rings. The Bertz CT molecular complexity index is 905. The number of benzene rings is 1. The summed E-state index contributed by atoms with van der Waals surface area (Å²) in [6.07, 6.45) is 0.176. The van der Waals surface area contributed by atoms with Gasteiger partial charge >= 0.3 is 0 Å². The highest BCUT2D eigenvalue weighted by atomic mass is 35.5. The highest BCUT2D eigenvalue weighted by Crippen LogP contribution is 2.37. The maximum absolute atomic E-state index is 12.9. The topological polar surface area (TPSA) is 81.3 Å². The summed E-state index contributed by atoms with van der Waals surface area (Å²) in [6.45, 7) is 3.35. The van der Waals surface area contributed by atoms with Gasteiger partial charge in [-0.1, -0.05) is 29.8 Å². The average molecular weight is 374 g/mol. The molecule has 1 amide bonds. The molecule has 2 aliphatic rings. The lowest BCUT2D eigenvalue weighted by Gasteiger charge is -2.33. The number of rotatable bonds is 2. The lowest BCUT2D eigenvalue weighted by molar-refractivity contribution is -0.116. The molecule has 2 aromatic rings. The molecule has 0 radical (unpaired) electrons. The van der Waals surface area contributed by atoms with Crippen molar-refractivity contribution in [2.75, 3.05) is 43.4 Å². The van der Waals surface area contributed by atoms with Crippen LogP contribution in [0.1, 0.15) is 23.5 Å². The SMILES string of the molecule is CN1CCN(c2nc3c(c(=O)[nH]2)C(c2ccccc2Cl)CC(=O)N3)CC1. The monoisotopic (exact) mass is 373 g/mol. The van der Waals surface area contributed by atoms with E-state index in [1.54, 1.807) is 6.07 Å². The van der Waals surface area contributed by atoms with Crippen LogP contribution in [0.2, 0.25) is 5.02 Å². The van der Waals surface area contributed by atoms with Gasteiger partial charge < -0.3 is 15.1 Å². The zero-order chi connectivity index (χ0) is 18.3. The number of hydrogen-bond donors (Lipinski definition) is 2. The highest BCUT2D eigenvalue weighted by molar-refractivity contribution is 6.31. The first-order chi connectivity index (χ1) is 12.5. The largest absolute Gasteiger partial charge is 0.340 e. The molecule has 26 heavy (non-hydrogen) atoms. The minimum absolute atomic E-state index is 0.162. The normalized spacial score (nSPS) is 20.6.